The van der Waals surface area contributed by atoms with Crippen LogP contribution >= 0.6 is 23.5 Å². The van der Waals surface area contributed by atoms with Gasteiger partial charge in [-0.05, 0) is 37.6 Å². The summed E-state index contributed by atoms with van der Waals surface area (Å²) < 4.78 is 12.1. The van der Waals surface area contributed by atoms with Gasteiger partial charge in [-0.3, -0.25) is 23.6 Å². The highest BCUT2D eigenvalue weighted by Crippen LogP contribution is 2.30. The lowest BCUT2D eigenvalue weighted by Crippen LogP contribution is -2.41. The Morgan fingerprint density at radius 2 is 2.05 bits per heavy atom. The molecule has 210 valence electrons. The molecule has 0 radical (unpaired) electrons. The summed E-state index contributed by atoms with van der Waals surface area (Å²) in [7, 11) is 3.62. The summed E-state index contributed by atoms with van der Waals surface area (Å²) in [5.41, 5.74) is 3.92. The van der Waals surface area contributed by atoms with Gasteiger partial charge in [0.05, 0.1) is 42.0 Å². The third kappa shape index (κ3) is 5.51. The molecule has 1 aliphatic heterocycles. The minimum atomic E-state index is -0.358. The van der Waals surface area contributed by atoms with E-state index < -0.39 is 0 Å². The number of nitrogens with zero attached hydrogens (tertiary/aromatic N) is 6. The number of nitrogens with one attached hydrogen (secondary N) is 2. The van der Waals surface area contributed by atoms with Gasteiger partial charge >= 0.3 is 0 Å². The Kier molecular flexibility index (Phi) is 8.02. The molecule has 0 spiro atoms. The second kappa shape index (κ2) is 11.5. The third-order valence-electron chi connectivity index (χ3n) is 6.89. The van der Waals surface area contributed by atoms with Crippen LogP contribution in [-0.2, 0) is 18.8 Å². The molecule has 5 rings (SSSR count). The van der Waals surface area contributed by atoms with Crippen LogP contribution in [-0.4, -0.2) is 56.2 Å². The molecule has 2 N–H and O–H groups in total. The van der Waals surface area contributed by atoms with Crippen LogP contribution in [0.2, 0.25) is 5.15 Å². The number of halogens is 1. The lowest BCUT2D eigenvalue weighted by Gasteiger charge is -2.34. The molecule has 0 saturated carbocycles. The molecule has 4 aromatic rings. The van der Waals surface area contributed by atoms with Crippen LogP contribution in [0.25, 0.3) is 10.9 Å². The first-order chi connectivity index (χ1) is 19.2. The van der Waals surface area contributed by atoms with E-state index >= 15 is 0 Å². The first kappa shape index (κ1) is 27.9. The molecule has 1 fully saturated rings. The van der Waals surface area contributed by atoms with Crippen LogP contribution in [0.3, 0.4) is 0 Å². The van der Waals surface area contributed by atoms with E-state index in [2.05, 4.69) is 25.0 Å². The van der Waals surface area contributed by atoms with Gasteiger partial charge in [0.15, 0.2) is 5.69 Å². The number of hydrogen-bond acceptors (Lipinski definition) is 9. The Balaban J connectivity index is 1.54. The number of aryl methyl sites for hydroxylation is 2. The first-order valence-corrected chi connectivity index (χ1v) is 14.4. The van der Waals surface area contributed by atoms with Crippen LogP contribution < -0.4 is 20.5 Å². The lowest BCUT2D eigenvalue weighted by molar-refractivity contribution is 0.0389. The summed E-state index contributed by atoms with van der Waals surface area (Å²) in [5.74, 6) is 0.212. The minimum absolute atomic E-state index is 0.130. The van der Waals surface area contributed by atoms with Gasteiger partial charge in [-0.15, -0.1) is 0 Å². The summed E-state index contributed by atoms with van der Waals surface area (Å²) in [4.78, 5) is 37.7. The predicted octanol–water partition coefficient (Wildman–Crippen LogP) is 3.78. The fourth-order valence-corrected chi connectivity index (χ4v) is 5.40. The van der Waals surface area contributed by atoms with Crippen molar-refractivity contribution in [1.82, 2.24) is 29.0 Å². The lowest BCUT2D eigenvalue weighted by atomic mass is 10.0. The summed E-state index contributed by atoms with van der Waals surface area (Å²) in [6, 6.07) is 6.92. The van der Waals surface area contributed by atoms with Crippen LogP contribution in [0.15, 0.2) is 41.5 Å². The molecule has 1 saturated heterocycles. The van der Waals surface area contributed by atoms with Crippen LogP contribution in [0, 0.1) is 6.92 Å². The zero-order valence-electron chi connectivity index (χ0n) is 22.9. The molecule has 1 aromatic carbocycles. The maximum atomic E-state index is 13.6. The standard InChI is InChI=1S/C27H31ClN8O3S/c1-15-10-18(16(2)30-20-6-7-22(28)31-24(20)25(37)33-40-5)23-19(11-15)26(38)35(4)27(32-23)36-8-9-39-21(14-36)17-12-29-34(3)13-17/h6-7,10-13,16,21,30H,8-9,14H2,1-5H3,(H,33,37)/t16?,21-/m1/s1. The molecule has 0 aliphatic carbocycles. The van der Waals surface area contributed by atoms with Gasteiger partial charge in [0.1, 0.15) is 11.3 Å². The van der Waals surface area contributed by atoms with Crippen molar-refractivity contribution in [2.24, 2.45) is 14.1 Å². The molecule has 40 heavy (non-hydrogen) atoms. The molecule has 11 nitrogen and oxygen atoms in total. The molecule has 0 bridgehead atoms. The number of hydrogen-bond donors (Lipinski definition) is 2. The zero-order chi connectivity index (χ0) is 28.6. The Morgan fingerprint density at radius 3 is 2.77 bits per heavy atom. The van der Waals surface area contributed by atoms with Gasteiger partial charge in [-0.2, -0.15) is 5.10 Å². The van der Waals surface area contributed by atoms with Crippen molar-refractivity contribution in [3.8, 4) is 0 Å². The predicted molar refractivity (Wildman–Crippen MR) is 158 cm³/mol. The number of fused-ring (bicyclic) bond motifs is 1. The molecule has 3 aromatic heterocycles. The number of amides is 1. The number of carbonyl (C=O) groups is 1. The summed E-state index contributed by atoms with van der Waals surface area (Å²) >= 11 is 7.28. The van der Waals surface area contributed by atoms with Crippen LogP contribution in [0.5, 0.6) is 0 Å². The van der Waals surface area contributed by atoms with Gasteiger partial charge < -0.3 is 15.0 Å². The smallest absolute Gasteiger partial charge is 0.281 e. The third-order valence-corrected chi connectivity index (χ3v) is 7.49. The molecule has 4 heterocycles. The molecular weight excluding hydrogens is 552 g/mol. The van der Waals surface area contributed by atoms with E-state index in [0.29, 0.717) is 42.2 Å². The van der Waals surface area contributed by atoms with Crippen molar-refractivity contribution >= 4 is 52.0 Å². The van der Waals surface area contributed by atoms with Crippen molar-refractivity contribution in [2.45, 2.75) is 26.0 Å². The normalized spacial score (nSPS) is 16.2. The number of aromatic nitrogens is 5. The summed E-state index contributed by atoms with van der Waals surface area (Å²) in [6.07, 6.45) is 5.31. The Hall–Kier alpha value is -3.61. The van der Waals surface area contributed by atoms with Gasteiger partial charge in [0.25, 0.3) is 11.5 Å². The van der Waals surface area contributed by atoms with E-state index in [0.717, 1.165) is 16.7 Å². The molecule has 2 atom stereocenters. The van der Waals surface area contributed by atoms with Gasteiger partial charge in [0, 0.05) is 44.2 Å². The van der Waals surface area contributed by atoms with Gasteiger partial charge in [0.2, 0.25) is 5.95 Å². The van der Waals surface area contributed by atoms with Crippen molar-refractivity contribution < 1.29 is 9.53 Å². The Labute approximate surface area is 241 Å². The number of anilines is 2. The highest BCUT2D eigenvalue weighted by atomic mass is 35.5. The molecule has 1 aliphatic rings. The zero-order valence-corrected chi connectivity index (χ0v) is 24.5. The number of benzene rings is 1. The fourth-order valence-electron chi connectivity index (χ4n) is 4.97. The van der Waals surface area contributed by atoms with Gasteiger partial charge in [-0.1, -0.05) is 29.6 Å². The average Bonchev–Trinajstić information content (AvgIpc) is 3.38. The topological polar surface area (TPSA) is 119 Å². The van der Waals surface area contributed by atoms with E-state index in [1.165, 1.54) is 11.9 Å². The van der Waals surface area contributed by atoms with Crippen molar-refractivity contribution in [3.05, 3.63) is 74.6 Å². The summed E-state index contributed by atoms with van der Waals surface area (Å²) in [5, 5.41) is 8.41. The SMILES string of the molecule is CSNC(=O)c1nc(Cl)ccc1NC(C)c1cc(C)cc2c(=O)n(C)c(N3CCO[C@@H](c4cnn(C)c4)C3)nc12. The number of rotatable bonds is 7. The minimum Gasteiger partial charge on any atom is -0.377 e. The quantitative estimate of drug-likeness (QED) is 0.248. The molecular formula is C27H31ClN8O3S. The number of ether oxygens (including phenoxy) is 1. The number of pyridine rings is 1. The second-order valence-electron chi connectivity index (χ2n) is 9.81. The molecule has 13 heteroatoms. The van der Waals surface area contributed by atoms with Crippen molar-refractivity contribution in [1.29, 1.82) is 0 Å². The van der Waals surface area contributed by atoms with E-state index in [1.807, 2.05) is 39.2 Å². The molecule has 1 amide bonds. The highest BCUT2D eigenvalue weighted by Gasteiger charge is 2.27. The van der Waals surface area contributed by atoms with E-state index in [4.69, 9.17) is 21.3 Å². The van der Waals surface area contributed by atoms with Crippen LogP contribution in [0.1, 0.15) is 46.2 Å². The first-order valence-electron chi connectivity index (χ1n) is 12.8. The van der Waals surface area contributed by atoms with E-state index in [9.17, 15) is 9.59 Å². The maximum Gasteiger partial charge on any atom is 0.281 e. The highest BCUT2D eigenvalue weighted by molar-refractivity contribution is 7.97. The second-order valence-corrected chi connectivity index (χ2v) is 10.8. The number of morpholine rings is 1. The molecule has 1 unspecified atom stereocenters. The fraction of sp³-hybridized carbons (Fsp3) is 0.370. The largest absolute Gasteiger partial charge is 0.377 e. The van der Waals surface area contributed by atoms with E-state index in [1.54, 1.807) is 40.9 Å². The van der Waals surface area contributed by atoms with Crippen molar-refractivity contribution in [3.63, 3.8) is 0 Å². The van der Waals surface area contributed by atoms with Crippen LogP contribution in [0.4, 0.5) is 11.6 Å². The summed E-state index contributed by atoms with van der Waals surface area (Å²) in [6.45, 7) is 5.55. The average molecular weight is 583 g/mol. The number of carbonyl (C=O) groups excluding carboxylic acids is 1. The van der Waals surface area contributed by atoms with E-state index in [-0.39, 0.29) is 34.5 Å². The maximum absolute atomic E-state index is 13.6. The Morgan fingerprint density at radius 1 is 1.25 bits per heavy atom. The van der Waals surface area contributed by atoms with Crippen molar-refractivity contribution in [2.75, 3.05) is 36.2 Å². The van der Waals surface area contributed by atoms with Gasteiger partial charge in [-0.25, -0.2) is 9.97 Å². The monoisotopic (exact) mass is 582 g/mol. The Bertz CT molecular complexity index is 1640.